The van der Waals surface area contributed by atoms with Gasteiger partial charge in [0.25, 0.3) is 0 Å². The molecule has 1 aliphatic heterocycles. The van der Waals surface area contributed by atoms with Gasteiger partial charge in [-0.1, -0.05) is 18.2 Å². The predicted octanol–water partition coefficient (Wildman–Crippen LogP) is -0.0878. The molecule has 2 aromatic rings. The Bertz CT molecular complexity index is 795. The molecule has 26 heavy (non-hydrogen) atoms. The highest BCUT2D eigenvalue weighted by atomic mass is 16.5. The molecule has 1 aliphatic rings. The smallest absolute Gasteiger partial charge is 0.347 e. The lowest BCUT2D eigenvalue weighted by atomic mass is 10.1. The summed E-state index contributed by atoms with van der Waals surface area (Å²) in [6.07, 6.45) is 2.88. The van der Waals surface area contributed by atoms with Gasteiger partial charge in [0.1, 0.15) is 24.5 Å². The van der Waals surface area contributed by atoms with Crippen LogP contribution in [0.15, 0.2) is 53.6 Å². The van der Waals surface area contributed by atoms with Crippen molar-refractivity contribution >= 4 is 5.91 Å². The van der Waals surface area contributed by atoms with Gasteiger partial charge in [0.2, 0.25) is 5.91 Å². The first kappa shape index (κ1) is 18.1. The van der Waals surface area contributed by atoms with Crippen LogP contribution in [0.1, 0.15) is 0 Å². The molecule has 0 radical (unpaired) electrons. The third-order valence-electron chi connectivity index (χ3n) is 4.05. The average molecular weight is 359 g/mol. The fraction of sp³-hybridized carbons (Fsp3) is 0.389. The van der Waals surface area contributed by atoms with E-state index in [1.54, 1.807) is 18.2 Å². The van der Waals surface area contributed by atoms with Crippen molar-refractivity contribution < 1.29 is 19.4 Å². The molecule has 1 aromatic carbocycles. The van der Waals surface area contributed by atoms with Gasteiger partial charge < -0.3 is 19.5 Å². The Morgan fingerprint density at radius 2 is 2.12 bits per heavy atom. The SMILES string of the molecule is O=C(Cn1cccnc1=O)N1CCOC[C@](O)(COc2ccccc2)C1. The fourth-order valence-corrected chi connectivity index (χ4v) is 2.70. The van der Waals surface area contributed by atoms with E-state index in [4.69, 9.17) is 9.47 Å². The Morgan fingerprint density at radius 3 is 2.88 bits per heavy atom. The van der Waals surface area contributed by atoms with Crippen LogP contribution in [0.3, 0.4) is 0 Å². The summed E-state index contributed by atoms with van der Waals surface area (Å²) in [5.74, 6) is 0.341. The molecule has 1 aromatic heterocycles. The van der Waals surface area contributed by atoms with Crippen LogP contribution in [0.5, 0.6) is 5.75 Å². The van der Waals surface area contributed by atoms with Crippen molar-refractivity contribution in [2.75, 3.05) is 32.9 Å². The van der Waals surface area contributed by atoms with E-state index >= 15 is 0 Å². The van der Waals surface area contributed by atoms with Gasteiger partial charge in [0, 0.05) is 18.9 Å². The van der Waals surface area contributed by atoms with Gasteiger partial charge in [-0.2, -0.15) is 0 Å². The summed E-state index contributed by atoms with van der Waals surface area (Å²) in [5, 5.41) is 10.8. The Hall–Kier alpha value is -2.71. The van der Waals surface area contributed by atoms with E-state index in [1.165, 1.54) is 21.9 Å². The van der Waals surface area contributed by atoms with Crippen LogP contribution in [0.25, 0.3) is 0 Å². The molecular weight excluding hydrogens is 338 g/mol. The zero-order valence-corrected chi connectivity index (χ0v) is 14.3. The number of hydrogen-bond acceptors (Lipinski definition) is 6. The molecule has 0 bridgehead atoms. The first-order chi connectivity index (χ1) is 12.6. The lowest BCUT2D eigenvalue weighted by Crippen LogP contribution is -2.51. The van der Waals surface area contributed by atoms with Crippen LogP contribution < -0.4 is 10.4 Å². The molecule has 0 unspecified atom stereocenters. The maximum atomic E-state index is 12.6. The molecule has 1 amide bonds. The highest BCUT2D eigenvalue weighted by molar-refractivity contribution is 5.76. The second-order valence-corrected chi connectivity index (χ2v) is 6.22. The number of carbonyl (C=O) groups excluding carboxylic acids is 1. The minimum atomic E-state index is -1.33. The van der Waals surface area contributed by atoms with Gasteiger partial charge in [-0.05, 0) is 18.2 Å². The number of nitrogens with zero attached hydrogens (tertiary/aromatic N) is 3. The summed E-state index contributed by atoms with van der Waals surface area (Å²) in [5.41, 5.74) is -1.82. The maximum Gasteiger partial charge on any atom is 0.347 e. The Balaban J connectivity index is 1.65. The second-order valence-electron chi connectivity index (χ2n) is 6.22. The van der Waals surface area contributed by atoms with Crippen LogP contribution in [0.2, 0.25) is 0 Å². The average Bonchev–Trinajstić information content (AvgIpc) is 2.85. The molecule has 0 spiro atoms. The molecule has 1 N–H and O–H groups in total. The molecule has 0 aliphatic carbocycles. The van der Waals surface area contributed by atoms with Gasteiger partial charge in [0.15, 0.2) is 0 Å². The first-order valence-corrected chi connectivity index (χ1v) is 8.33. The molecule has 0 saturated carbocycles. The standard InChI is InChI=1S/C18H21N3O5/c22-16(11-20-8-4-7-19-17(20)23)21-9-10-25-13-18(24,12-21)14-26-15-5-2-1-3-6-15/h1-8,24H,9-14H2/t18-/m0/s1. The highest BCUT2D eigenvalue weighted by Gasteiger charge is 2.35. The number of aromatic nitrogens is 2. The fourth-order valence-electron chi connectivity index (χ4n) is 2.70. The molecular formula is C18H21N3O5. The Labute approximate surface area is 150 Å². The van der Waals surface area contributed by atoms with E-state index in [1.807, 2.05) is 18.2 Å². The van der Waals surface area contributed by atoms with Gasteiger partial charge in [-0.15, -0.1) is 0 Å². The third kappa shape index (κ3) is 4.68. The van der Waals surface area contributed by atoms with Crippen LogP contribution in [0.4, 0.5) is 0 Å². The molecule has 1 atom stereocenters. The summed E-state index contributed by atoms with van der Waals surface area (Å²) in [4.78, 5) is 29.4. The quantitative estimate of drug-likeness (QED) is 0.802. The van der Waals surface area contributed by atoms with Gasteiger partial charge in [-0.25, -0.2) is 9.78 Å². The zero-order valence-electron chi connectivity index (χ0n) is 14.3. The van der Waals surface area contributed by atoms with Crippen molar-refractivity contribution in [1.82, 2.24) is 14.5 Å². The summed E-state index contributed by atoms with van der Waals surface area (Å²) in [6, 6.07) is 10.7. The molecule has 3 rings (SSSR count). The normalized spacial score (nSPS) is 20.4. The van der Waals surface area contributed by atoms with Crippen LogP contribution >= 0.6 is 0 Å². The molecule has 1 saturated heterocycles. The monoisotopic (exact) mass is 359 g/mol. The second kappa shape index (κ2) is 8.11. The van der Waals surface area contributed by atoms with Gasteiger partial charge >= 0.3 is 5.69 Å². The molecule has 1 fully saturated rings. The number of ether oxygens (including phenoxy) is 2. The van der Waals surface area contributed by atoms with Crippen LogP contribution in [-0.2, 0) is 16.1 Å². The van der Waals surface area contributed by atoms with Gasteiger partial charge in [0.05, 0.1) is 19.8 Å². The number of benzene rings is 1. The summed E-state index contributed by atoms with van der Waals surface area (Å²) >= 11 is 0. The minimum absolute atomic E-state index is 0.00632. The summed E-state index contributed by atoms with van der Waals surface area (Å²) in [7, 11) is 0. The largest absolute Gasteiger partial charge is 0.490 e. The topological polar surface area (TPSA) is 93.9 Å². The lowest BCUT2D eigenvalue weighted by molar-refractivity contribution is -0.135. The number of amides is 1. The van der Waals surface area contributed by atoms with Crippen molar-refractivity contribution in [3.8, 4) is 5.75 Å². The molecule has 138 valence electrons. The van der Waals surface area contributed by atoms with Crippen molar-refractivity contribution in [3.63, 3.8) is 0 Å². The Kier molecular flexibility index (Phi) is 5.65. The van der Waals surface area contributed by atoms with Crippen molar-refractivity contribution in [2.24, 2.45) is 0 Å². The van der Waals surface area contributed by atoms with E-state index in [2.05, 4.69) is 4.98 Å². The van der Waals surface area contributed by atoms with E-state index in [-0.39, 0.29) is 32.2 Å². The van der Waals surface area contributed by atoms with E-state index in [0.29, 0.717) is 18.9 Å². The number of β-amino-alcohol motifs (C(OH)–C–C–N with tert-alkyl or cyclic N) is 1. The number of rotatable bonds is 5. The van der Waals surface area contributed by atoms with E-state index in [9.17, 15) is 14.7 Å². The van der Waals surface area contributed by atoms with Crippen molar-refractivity contribution in [3.05, 3.63) is 59.3 Å². The number of hydrogen-bond donors (Lipinski definition) is 1. The van der Waals surface area contributed by atoms with Crippen LogP contribution in [-0.4, -0.2) is 64.0 Å². The highest BCUT2D eigenvalue weighted by Crippen LogP contribution is 2.16. The minimum Gasteiger partial charge on any atom is -0.490 e. The van der Waals surface area contributed by atoms with E-state index in [0.717, 1.165) is 0 Å². The predicted molar refractivity (Wildman–Crippen MR) is 92.8 cm³/mol. The lowest BCUT2D eigenvalue weighted by Gasteiger charge is -2.30. The summed E-state index contributed by atoms with van der Waals surface area (Å²) < 4.78 is 12.3. The Morgan fingerprint density at radius 1 is 1.31 bits per heavy atom. The number of para-hydroxylation sites is 1. The maximum absolute atomic E-state index is 12.6. The third-order valence-corrected chi connectivity index (χ3v) is 4.05. The number of aliphatic hydroxyl groups is 1. The van der Waals surface area contributed by atoms with Gasteiger partial charge in [-0.3, -0.25) is 9.36 Å². The zero-order chi connectivity index (χ0) is 18.4. The van der Waals surface area contributed by atoms with Crippen LogP contribution in [0, 0.1) is 0 Å². The molecule has 2 heterocycles. The number of carbonyl (C=O) groups is 1. The van der Waals surface area contributed by atoms with E-state index < -0.39 is 11.3 Å². The van der Waals surface area contributed by atoms with Crippen molar-refractivity contribution in [1.29, 1.82) is 0 Å². The first-order valence-electron chi connectivity index (χ1n) is 8.33. The molecule has 8 nitrogen and oxygen atoms in total. The van der Waals surface area contributed by atoms with Crippen molar-refractivity contribution in [2.45, 2.75) is 12.1 Å². The molecule has 8 heteroatoms. The summed E-state index contributed by atoms with van der Waals surface area (Å²) in [6.45, 7) is 0.628.